The maximum Gasteiger partial charge on any atom is 0.0446 e. The van der Waals surface area contributed by atoms with Crippen molar-refractivity contribution in [2.45, 2.75) is 65.0 Å². The van der Waals surface area contributed by atoms with E-state index < -0.39 is 0 Å². The quantitative estimate of drug-likeness (QED) is 0.802. The highest BCUT2D eigenvalue weighted by atomic mass is 15.1. The molecule has 21 heavy (non-hydrogen) atoms. The SMILES string of the molecule is CCC(CC)N(C)CC(NC)c1ccc(C(C)(C)C)cc1. The van der Waals surface area contributed by atoms with E-state index >= 15 is 0 Å². The predicted molar refractivity (Wildman–Crippen MR) is 93.9 cm³/mol. The minimum atomic E-state index is 0.222. The molecule has 2 nitrogen and oxygen atoms in total. The molecule has 0 saturated carbocycles. The zero-order valence-corrected chi connectivity index (χ0v) is 15.0. The van der Waals surface area contributed by atoms with Crippen molar-refractivity contribution >= 4 is 0 Å². The van der Waals surface area contributed by atoms with Gasteiger partial charge in [0.2, 0.25) is 0 Å². The predicted octanol–water partition coefficient (Wildman–Crippen LogP) is 4.37. The second kappa shape index (κ2) is 7.95. The van der Waals surface area contributed by atoms with Crippen molar-refractivity contribution in [3.05, 3.63) is 35.4 Å². The fourth-order valence-corrected chi connectivity index (χ4v) is 2.93. The molecule has 0 aliphatic rings. The normalized spacial score (nSPS) is 14.0. The molecule has 1 unspecified atom stereocenters. The third-order valence-electron chi connectivity index (χ3n) is 4.56. The van der Waals surface area contributed by atoms with Gasteiger partial charge >= 0.3 is 0 Å². The fourth-order valence-electron chi connectivity index (χ4n) is 2.93. The fraction of sp³-hybridized carbons (Fsp3) is 0.684. The summed E-state index contributed by atoms with van der Waals surface area (Å²) in [6.45, 7) is 12.4. The highest BCUT2D eigenvalue weighted by Crippen LogP contribution is 2.24. The van der Waals surface area contributed by atoms with E-state index in [0.717, 1.165) is 6.54 Å². The lowest BCUT2D eigenvalue weighted by Gasteiger charge is -2.30. The summed E-state index contributed by atoms with van der Waals surface area (Å²) < 4.78 is 0. The van der Waals surface area contributed by atoms with Crippen LogP contribution in [0.25, 0.3) is 0 Å². The first-order valence-corrected chi connectivity index (χ1v) is 8.31. The summed E-state index contributed by atoms with van der Waals surface area (Å²) in [6, 6.07) is 10.2. The molecule has 0 fully saturated rings. The van der Waals surface area contributed by atoms with Gasteiger partial charge in [-0.25, -0.2) is 0 Å². The number of hydrogen-bond donors (Lipinski definition) is 1. The Labute approximate surface area is 131 Å². The van der Waals surface area contributed by atoms with Crippen LogP contribution in [0.3, 0.4) is 0 Å². The summed E-state index contributed by atoms with van der Waals surface area (Å²) in [4.78, 5) is 2.48. The Morgan fingerprint density at radius 3 is 1.95 bits per heavy atom. The van der Waals surface area contributed by atoms with Gasteiger partial charge in [0, 0.05) is 18.6 Å². The molecule has 0 aliphatic carbocycles. The Kier molecular flexibility index (Phi) is 6.89. The summed E-state index contributed by atoms with van der Waals surface area (Å²) in [6.07, 6.45) is 2.43. The number of hydrogen-bond acceptors (Lipinski definition) is 2. The van der Waals surface area contributed by atoms with Crippen LogP contribution in [0.2, 0.25) is 0 Å². The summed E-state index contributed by atoms with van der Waals surface area (Å²) in [5.74, 6) is 0. The molecule has 1 rings (SSSR count). The van der Waals surface area contributed by atoms with E-state index in [4.69, 9.17) is 0 Å². The van der Waals surface area contributed by atoms with Crippen LogP contribution in [0.1, 0.15) is 64.6 Å². The lowest BCUT2D eigenvalue weighted by molar-refractivity contribution is 0.209. The van der Waals surface area contributed by atoms with Gasteiger partial charge < -0.3 is 10.2 Å². The maximum absolute atomic E-state index is 3.47. The molecule has 0 bridgehead atoms. The van der Waals surface area contributed by atoms with E-state index in [-0.39, 0.29) is 5.41 Å². The molecule has 0 aliphatic heterocycles. The Morgan fingerprint density at radius 1 is 1.05 bits per heavy atom. The number of nitrogens with zero attached hydrogens (tertiary/aromatic N) is 1. The molecule has 2 heteroatoms. The van der Waals surface area contributed by atoms with Crippen LogP contribution in [-0.2, 0) is 5.41 Å². The van der Waals surface area contributed by atoms with Gasteiger partial charge in [0.25, 0.3) is 0 Å². The highest BCUT2D eigenvalue weighted by Gasteiger charge is 2.18. The van der Waals surface area contributed by atoms with Gasteiger partial charge in [0.15, 0.2) is 0 Å². The number of rotatable bonds is 7. The Morgan fingerprint density at radius 2 is 1.57 bits per heavy atom. The minimum absolute atomic E-state index is 0.222. The molecule has 0 aromatic heterocycles. The molecule has 0 amide bonds. The zero-order valence-electron chi connectivity index (χ0n) is 15.0. The Hall–Kier alpha value is -0.860. The Balaban J connectivity index is 2.81. The molecule has 1 aromatic carbocycles. The van der Waals surface area contributed by atoms with Crippen molar-refractivity contribution in [3.63, 3.8) is 0 Å². The summed E-state index contributed by atoms with van der Waals surface area (Å²) in [5.41, 5.74) is 3.00. The van der Waals surface area contributed by atoms with Crippen molar-refractivity contribution in [2.75, 3.05) is 20.6 Å². The van der Waals surface area contributed by atoms with E-state index in [1.807, 2.05) is 0 Å². The topological polar surface area (TPSA) is 15.3 Å². The largest absolute Gasteiger partial charge is 0.312 e. The lowest BCUT2D eigenvalue weighted by atomic mass is 9.86. The monoisotopic (exact) mass is 290 g/mol. The first kappa shape index (κ1) is 18.2. The average molecular weight is 290 g/mol. The molecular weight excluding hydrogens is 256 g/mol. The molecular formula is C19H34N2. The van der Waals surface area contributed by atoms with Crippen molar-refractivity contribution in [2.24, 2.45) is 0 Å². The highest BCUT2D eigenvalue weighted by molar-refractivity contribution is 5.29. The molecule has 0 radical (unpaired) electrons. The van der Waals surface area contributed by atoms with E-state index in [0.29, 0.717) is 12.1 Å². The second-order valence-corrected chi connectivity index (χ2v) is 7.12. The lowest BCUT2D eigenvalue weighted by Crippen LogP contribution is -2.37. The number of likely N-dealkylation sites (N-methyl/N-ethyl adjacent to an activating group) is 2. The van der Waals surface area contributed by atoms with E-state index in [2.05, 4.69) is 83.2 Å². The third kappa shape index (κ3) is 5.12. The van der Waals surface area contributed by atoms with Crippen LogP contribution < -0.4 is 5.32 Å². The van der Waals surface area contributed by atoms with Crippen molar-refractivity contribution < 1.29 is 0 Å². The Bertz CT molecular complexity index is 399. The molecule has 1 N–H and O–H groups in total. The van der Waals surface area contributed by atoms with E-state index in [9.17, 15) is 0 Å². The standard InChI is InChI=1S/C19H34N2/c1-8-17(9-2)21(7)14-18(20-6)15-10-12-16(13-11-15)19(3,4)5/h10-13,17-18,20H,8-9,14H2,1-7H3. The summed E-state index contributed by atoms with van der Waals surface area (Å²) in [7, 11) is 4.30. The molecule has 0 heterocycles. The van der Waals surface area contributed by atoms with E-state index in [1.165, 1.54) is 24.0 Å². The average Bonchev–Trinajstić information content (AvgIpc) is 2.45. The van der Waals surface area contributed by atoms with Crippen molar-refractivity contribution in [3.8, 4) is 0 Å². The van der Waals surface area contributed by atoms with Gasteiger partial charge in [0.05, 0.1) is 0 Å². The van der Waals surface area contributed by atoms with Crippen LogP contribution in [0.15, 0.2) is 24.3 Å². The van der Waals surface area contributed by atoms with Gasteiger partial charge in [-0.3, -0.25) is 0 Å². The first-order valence-electron chi connectivity index (χ1n) is 8.31. The van der Waals surface area contributed by atoms with Gasteiger partial charge in [-0.2, -0.15) is 0 Å². The van der Waals surface area contributed by atoms with Crippen molar-refractivity contribution in [1.82, 2.24) is 10.2 Å². The third-order valence-corrected chi connectivity index (χ3v) is 4.56. The maximum atomic E-state index is 3.47. The molecule has 0 saturated heterocycles. The zero-order chi connectivity index (χ0) is 16.0. The van der Waals surface area contributed by atoms with Crippen molar-refractivity contribution in [1.29, 1.82) is 0 Å². The van der Waals surface area contributed by atoms with Crippen LogP contribution >= 0.6 is 0 Å². The minimum Gasteiger partial charge on any atom is -0.312 e. The number of nitrogens with one attached hydrogen (secondary N) is 1. The van der Waals surface area contributed by atoms with Crippen LogP contribution in [-0.4, -0.2) is 31.6 Å². The summed E-state index contributed by atoms with van der Waals surface area (Å²) in [5, 5.41) is 3.47. The van der Waals surface area contributed by atoms with Gasteiger partial charge in [-0.05, 0) is 43.5 Å². The van der Waals surface area contributed by atoms with Crippen LogP contribution in [0, 0.1) is 0 Å². The van der Waals surface area contributed by atoms with E-state index in [1.54, 1.807) is 0 Å². The number of benzene rings is 1. The molecule has 1 atom stereocenters. The van der Waals surface area contributed by atoms with Crippen LogP contribution in [0.5, 0.6) is 0 Å². The van der Waals surface area contributed by atoms with Crippen LogP contribution in [0.4, 0.5) is 0 Å². The summed E-state index contributed by atoms with van der Waals surface area (Å²) >= 11 is 0. The van der Waals surface area contributed by atoms with Gasteiger partial charge in [-0.1, -0.05) is 58.9 Å². The molecule has 1 aromatic rings. The van der Waals surface area contributed by atoms with Gasteiger partial charge in [-0.15, -0.1) is 0 Å². The molecule has 120 valence electrons. The second-order valence-electron chi connectivity index (χ2n) is 7.12. The first-order chi connectivity index (χ1) is 9.83. The smallest absolute Gasteiger partial charge is 0.0446 e. The van der Waals surface area contributed by atoms with Gasteiger partial charge in [0.1, 0.15) is 0 Å². The molecule has 0 spiro atoms.